The highest BCUT2D eigenvalue weighted by Gasteiger charge is 2.35. The molecule has 0 bridgehead atoms. The maximum absolute atomic E-state index is 10.9. The van der Waals surface area contributed by atoms with Crippen LogP contribution in [0, 0.1) is 6.92 Å². The van der Waals surface area contributed by atoms with Crippen LogP contribution in [0.5, 0.6) is 0 Å². The zero-order chi connectivity index (χ0) is 17.3. The fraction of sp³-hybridized carbons (Fsp3) is 0.632. The molecule has 4 rings (SSSR count). The second-order valence-electron chi connectivity index (χ2n) is 7.56. The van der Waals surface area contributed by atoms with Gasteiger partial charge in [0, 0.05) is 25.2 Å². The summed E-state index contributed by atoms with van der Waals surface area (Å²) < 4.78 is 5.46. The highest BCUT2D eigenvalue weighted by atomic mass is 16.5. The Morgan fingerprint density at radius 3 is 2.68 bits per heavy atom. The van der Waals surface area contributed by atoms with Crippen molar-refractivity contribution < 1.29 is 9.63 Å². The number of aromatic nitrogens is 3. The molecule has 2 aliphatic rings. The van der Waals surface area contributed by atoms with Gasteiger partial charge < -0.3 is 9.63 Å². The van der Waals surface area contributed by atoms with Crippen LogP contribution in [0.2, 0.25) is 0 Å². The number of hydrogen-bond donors (Lipinski definition) is 1. The van der Waals surface area contributed by atoms with E-state index in [2.05, 4.69) is 20.0 Å². The zero-order valence-electron chi connectivity index (χ0n) is 14.8. The number of aryl methyl sites for hydroxylation is 1. The minimum absolute atomic E-state index is 0.459. The van der Waals surface area contributed by atoms with E-state index in [9.17, 15) is 5.11 Å². The molecule has 25 heavy (non-hydrogen) atoms. The highest BCUT2D eigenvalue weighted by Crippen LogP contribution is 2.34. The first-order chi connectivity index (χ1) is 12.1. The monoisotopic (exact) mass is 342 g/mol. The molecule has 6 nitrogen and oxygen atoms in total. The maximum Gasteiger partial charge on any atom is 0.229 e. The molecule has 0 unspecified atom stereocenters. The molecule has 0 radical (unpaired) electrons. The first kappa shape index (κ1) is 16.7. The van der Waals surface area contributed by atoms with Crippen LogP contribution in [0.25, 0.3) is 0 Å². The lowest BCUT2D eigenvalue weighted by molar-refractivity contribution is -0.0316. The van der Waals surface area contributed by atoms with Gasteiger partial charge >= 0.3 is 0 Å². The highest BCUT2D eigenvalue weighted by molar-refractivity contribution is 5.18. The fourth-order valence-electron chi connectivity index (χ4n) is 3.95. The summed E-state index contributed by atoms with van der Waals surface area (Å²) in [6.07, 6.45) is 8.04. The Hall–Kier alpha value is -1.79. The number of pyridine rings is 1. The van der Waals surface area contributed by atoms with Gasteiger partial charge in [0.15, 0.2) is 5.82 Å². The summed E-state index contributed by atoms with van der Waals surface area (Å²) in [4.78, 5) is 11.3. The lowest BCUT2D eigenvalue weighted by atomic mass is 9.87. The van der Waals surface area contributed by atoms with E-state index >= 15 is 0 Å². The van der Waals surface area contributed by atoms with E-state index < -0.39 is 5.60 Å². The van der Waals surface area contributed by atoms with Gasteiger partial charge in [0.2, 0.25) is 5.89 Å². The first-order valence-electron chi connectivity index (χ1n) is 9.33. The molecule has 1 N–H and O–H groups in total. The Balaban J connectivity index is 1.35. The molecule has 1 saturated heterocycles. The van der Waals surface area contributed by atoms with Gasteiger partial charge in [-0.2, -0.15) is 4.98 Å². The number of hydrogen-bond acceptors (Lipinski definition) is 6. The minimum atomic E-state index is -0.823. The molecule has 6 heteroatoms. The Kier molecular flexibility index (Phi) is 4.56. The van der Waals surface area contributed by atoms with Crippen molar-refractivity contribution in [2.24, 2.45) is 0 Å². The van der Waals surface area contributed by atoms with Crippen LogP contribution >= 0.6 is 0 Å². The molecular formula is C19H26N4O2. The predicted molar refractivity (Wildman–Crippen MR) is 92.9 cm³/mol. The molecule has 0 amide bonds. The lowest BCUT2D eigenvalue weighted by Crippen LogP contribution is -2.42. The summed E-state index contributed by atoms with van der Waals surface area (Å²) in [5.41, 5.74) is 1.07. The molecule has 1 saturated carbocycles. The third-order valence-corrected chi connectivity index (χ3v) is 5.62. The second-order valence-corrected chi connectivity index (χ2v) is 7.56. The number of likely N-dealkylation sites (tertiary alicyclic amines) is 1. The van der Waals surface area contributed by atoms with E-state index in [1.54, 1.807) is 0 Å². The van der Waals surface area contributed by atoms with E-state index in [4.69, 9.17) is 4.52 Å². The normalized spacial score (nSPS) is 21.7. The minimum Gasteiger partial charge on any atom is -0.383 e. The topological polar surface area (TPSA) is 75.3 Å². The van der Waals surface area contributed by atoms with E-state index in [0.29, 0.717) is 25.3 Å². The van der Waals surface area contributed by atoms with E-state index in [1.165, 1.54) is 25.7 Å². The van der Waals surface area contributed by atoms with Crippen molar-refractivity contribution in [3.8, 4) is 0 Å². The van der Waals surface area contributed by atoms with E-state index in [1.807, 2.05) is 25.3 Å². The van der Waals surface area contributed by atoms with Crippen LogP contribution in [-0.2, 0) is 12.1 Å². The largest absolute Gasteiger partial charge is 0.383 e. The zero-order valence-corrected chi connectivity index (χ0v) is 14.8. The Morgan fingerprint density at radius 1 is 1.24 bits per heavy atom. The molecule has 2 fully saturated rings. The van der Waals surface area contributed by atoms with Crippen LogP contribution in [0.3, 0.4) is 0 Å². The van der Waals surface area contributed by atoms with Crippen molar-refractivity contribution in [1.29, 1.82) is 0 Å². The number of nitrogens with zero attached hydrogens (tertiary/aromatic N) is 4. The SMILES string of the molecule is Cc1ccc(C2(O)CCN(Cc3noc(C4CCCC4)n3)CC2)nc1. The van der Waals surface area contributed by atoms with Gasteiger partial charge in [-0.1, -0.05) is 24.1 Å². The molecule has 3 heterocycles. The number of rotatable bonds is 4. The summed E-state index contributed by atoms with van der Waals surface area (Å²) in [7, 11) is 0. The smallest absolute Gasteiger partial charge is 0.229 e. The Labute approximate surface area is 148 Å². The van der Waals surface area contributed by atoms with Crippen molar-refractivity contribution in [3.05, 3.63) is 41.3 Å². The number of piperidine rings is 1. The average molecular weight is 342 g/mol. The van der Waals surface area contributed by atoms with Gasteiger partial charge in [-0.15, -0.1) is 0 Å². The van der Waals surface area contributed by atoms with Gasteiger partial charge in [0.25, 0.3) is 0 Å². The molecule has 2 aromatic heterocycles. The van der Waals surface area contributed by atoms with Crippen molar-refractivity contribution >= 4 is 0 Å². The van der Waals surface area contributed by atoms with Crippen molar-refractivity contribution in [3.63, 3.8) is 0 Å². The molecular weight excluding hydrogens is 316 g/mol. The molecule has 2 aromatic rings. The van der Waals surface area contributed by atoms with Gasteiger partial charge in [0.05, 0.1) is 12.2 Å². The quantitative estimate of drug-likeness (QED) is 0.921. The van der Waals surface area contributed by atoms with Gasteiger partial charge in [-0.25, -0.2) is 0 Å². The molecule has 0 aromatic carbocycles. The molecule has 134 valence electrons. The van der Waals surface area contributed by atoms with Crippen molar-refractivity contribution in [2.45, 2.75) is 63.5 Å². The molecule has 0 atom stereocenters. The van der Waals surface area contributed by atoms with Crippen LogP contribution in [0.15, 0.2) is 22.9 Å². The van der Waals surface area contributed by atoms with Crippen LogP contribution < -0.4 is 0 Å². The predicted octanol–water partition coefficient (Wildman–Crippen LogP) is 2.91. The van der Waals surface area contributed by atoms with E-state index in [-0.39, 0.29) is 0 Å². The maximum atomic E-state index is 10.9. The van der Waals surface area contributed by atoms with Crippen LogP contribution in [-0.4, -0.2) is 38.2 Å². The summed E-state index contributed by atoms with van der Waals surface area (Å²) in [5.74, 6) is 2.03. The lowest BCUT2D eigenvalue weighted by Gasteiger charge is -2.37. The third-order valence-electron chi connectivity index (χ3n) is 5.62. The second kappa shape index (κ2) is 6.84. The summed E-state index contributed by atoms with van der Waals surface area (Å²) in [5, 5.41) is 15.1. The average Bonchev–Trinajstić information content (AvgIpc) is 3.29. The van der Waals surface area contributed by atoms with Gasteiger partial charge in [0.1, 0.15) is 5.60 Å². The fourth-order valence-corrected chi connectivity index (χ4v) is 3.95. The summed E-state index contributed by atoms with van der Waals surface area (Å²) >= 11 is 0. The first-order valence-corrected chi connectivity index (χ1v) is 9.33. The Bertz CT molecular complexity index is 698. The third kappa shape index (κ3) is 3.60. The summed E-state index contributed by atoms with van der Waals surface area (Å²) in [6, 6.07) is 3.95. The van der Waals surface area contributed by atoms with Crippen molar-refractivity contribution in [1.82, 2.24) is 20.0 Å². The number of aliphatic hydroxyl groups is 1. The van der Waals surface area contributed by atoms with Gasteiger partial charge in [-0.3, -0.25) is 9.88 Å². The van der Waals surface area contributed by atoms with Crippen LogP contribution in [0.4, 0.5) is 0 Å². The summed E-state index contributed by atoms with van der Waals surface area (Å²) in [6.45, 7) is 4.31. The Morgan fingerprint density at radius 2 is 2.00 bits per heavy atom. The standard InChI is InChI=1S/C19H26N4O2/c1-14-6-7-16(20-12-14)19(24)8-10-23(11-9-19)13-17-21-18(25-22-17)15-4-2-3-5-15/h6-7,12,15,24H,2-5,8-11,13H2,1H3. The molecule has 1 aliphatic heterocycles. The molecule has 1 aliphatic carbocycles. The van der Waals surface area contributed by atoms with Crippen molar-refractivity contribution in [2.75, 3.05) is 13.1 Å². The van der Waals surface area contributed by atoms with Crippen LogP contribution in [0.1, 0.15) is 67.4 Å². The van der Waals surface area contributed by atoms with E-state index in [0.717, 1.165) is 36.1 Å². The molecule has 0 spiro atoms. The van der Waals surface area contributed by atoms with Gasteiger partial charge in [-0.05, 0) is 44.2 Å².